The average molecular weight is 365 g/mol. The van der Waals surface area contributed by atoms with Gasteiger partial charge >= 0.3 is 0 Å². The maximum atomic E-state index is 11.0. The summed E-state index contributed by atoms with van der Waals surface area (Å²) in [7, 11) is 0. The molecule has 2 aromatic rings. The third-order valence-electron chi connectivity index (χ3n) is 5.67. The normalized spacial score (nSPS) is 38.1. The minimum Gasteiger partial charge on any atom is -0.394 e. The largest absolute Gasteiger partial charge is 0.394 e. The number of hydrogen-bond donors (Lipinski definition) is 5. The van der Waals surface area contributed by atoms with Crippen LogP contribution in [-0.2, 0) is 10.5 Å². The second-order valence-electron chi connectivity index (χ2n) is 7.08. The Balaban J connectivity index is 1.87. The zero-order valence-electron chi connectivity index (χ0n) is 14.1. The highest BCUT2D eigenvalue weighted by molar-refractivity contribution is 5.81. The summed E-state index contributed by atoms with van der Waals surface area (Å²) < 4.78 is 7.67. The molecule has 0 bridgehead atoms. The number of aliphatic hydroxyl groups excluding tert-OH is 4. The van der Waals surface area contributed by atoms with Gasteiger partial charge in [0.15, 0.2) is 17.2 Å². The van der Waals surface area contributed by atoms with Crippen molar-refractivity contribution < 1.29 is 25.2 Å². The number of rotatable bonds is 3. The summed E-state index contributed by atoms with van der Waals surface area (Å²) in [6, 6.07) is 0. The molecular weight excluding hydrogens is 342 g/mol. The molecule has 10 nitrogen and oxygen atoms in total. The number of ether oxygens (including phenoxy) is 1. The monoisotopic (exact) mass is 365 g/mol. The molecule has 0 unspecified atom stereocenters. The molecule has 2 fully saturated rings. The van der Waals surface area contributed by atoms with Crippen LogP contribution in [0.2, 0.25) is 0 Å². The maximum Gasteiger partial charge on any atom is 0.179 e. The summed E-state index contributed by atoms with van der Waals surface area (Å²) in [5, 5.41) is 40.8. The Hall–Kier alpha value is -1.85. The molecule has 4 rings (SSSR count). The maximum absolute atomic E-state index is 11.0. The molecule has 0 amide bonds. The first-order valence-corrected chi connectivity index (χ1v) is 8.76. The van der Waals surface area contributed by atoms with Crippen molar-refractivity contribution in [3.8, 4) is 0 Å². The summed E-state index contributed by atoms with van der Waals surface area (Å²) in [4.78, 5) is 12.4. The van der Waals surface area contributed by atoms with E-state index in [-0.39, 0.29) is 11.7 Å². The summed E-state index contributed by atoms with van der Waals surface area (Å²) in [5.74, 6) is -0.00426. The predicted molar refractivity (Wildman–Crippen MR) is 89.6 cm³/mol. The number of nitrogens with two attached hydrogens (primary N) is 1. The Morgan fingerprint density at radius 3 is 2.54 bits per heavy atom. The van der Waals surface area contributed by atoms with Crippen LogP contribution >= 0.6 is 0 Å². The van der Waals surface area contributed by atoms with Gasteiger partial charge < -0.3 is 30.9 Å². The summed E-state index contributed by atoms with van der Waals surface area (Å²) in [5.41, 5.74) is 5.27. The number of hydrogen-bond acceptors (Lipinski definition) is 9. The lowest BCUT2D eigenvalue weighted by molar-refractivity contribution is -0.191. The molecule has 1 saturated heterocycles. The van der Waals surface area contributed by atoms with Crippen molar-refractivity contribution >= 4 is 17.0 Å². The van der Waals surface area contributed by atoms with Gasteiger partial charge in [0.05, 0.1) is 19.0 Å². The Morgan fingerprint density at radius 1 is 1.15 bits per heavy atom. The van der Waals surface area contributed by atoms with Crippen LogP contribution in [0.3, 0.4) is 0 Å². The van der Waals surface area contributed by atoms with Crippen LogP contribution in [-0.4, -0.2) is 71.0 Å². The first kappa shape index (κ1) is 17.6. The van der Waals surface area contributed by atoms with Crippen LogP contribution in [0.5, 0.6) is 0 Å². The Labute approximate surface area is 149 Å². The number of fused-ring (bicyclic) bond motifs is 1. The molecule has 3 heterocycles. The van der Waals surface area contributed by atoms with Gasteiger partial charge in [-0.15, -0.1) is 0 Å². The zero-order chi connectivity index (χ0) is 18.5. The molecule has 26 heavy (non-hydrogen) atoms. The minimum absolute atomic E-state index is 0.203. The van der Waals surface area contributed by atoms with Crippen LogP contribution in [0.1, 0.15) is 25.7 Å². The summed E-state index contributed by atoms with van der Waals surface area (Å²) >= 11 is 0. The highest BCUT2D eigenvalue weighted by Gasteiger charge is 2.60. The number of nitrogens with zero attached hydrogens (tertiary/aromatic N) is 4. The van der Waals surface area contributed by atoms with Crippen molar-refractivity contribution in [2.45, 2.75) is 55.8 Å². The van der Waals surface area contributed by atoms with Crippen LogP contribution in [0.15, 0.2) is 12.7 Å². The quantitative estimate of drug-likeness (QED) is 0.446. The van der Waals surface area contributed by atoms with E-state index in [2.05, 4.69) is 15.0 Å². The van der Waals surface area contributed by atoms with Crippen molar-refractivity contribution in [2.24, 2.45) is 5.92 Å². The molecule has 2 aliphatic rings. The minimum atomic E-state index is -1.36. The van der Waals surface area contributed by atoms with Gasteiger partial charge in [-0.3, -0.25) is 4.57 Å². The van der Waals surface area contributed by atoms with Gasteiger partial charge in [-0.2, -0.15) is 0 Å². The molecule has 6 N–H and O–H groups in total. The average Bonchev–Trinajstić information content (AvgIpc) is 3.18. The topological polar surface area (TPSA) is 160 Å². The van der Waals surface area contributed by atoms with Gasteiger partial charge in [0, 0.05) is 5.92 Å². The van der Waals surface area contributed by atoms with Gasteiger partial charge in [0.25, 0.3) is 0 Å². The summed E-state index contributed by atoms with van der Waals surface area (Å²) in [6.07, 6.45) is 1.18. The molecule has 142 valence electrons. The molecule has 10 heteroatoms. The van der Waals surface area contributed by atoms with E-state index in [9.17, 15) is 20.4 Å². The Morgan fingerprint density at radius 2 is 1.88 bits per heavy atom. The first-order valence-electron chi connectivity index (χ1n) is 8.76. The molecule has 0 spiro atoms. The lowest BCUT2D eigenvalue weighted by Crippen LogP contribution is -2.52. The number of aliphatic hydroxyl groups is 4. The van der Waals surface area contributed by atoms with E-state index < -0.39 is 36.7 Å². The lowest BCUT2D eigenvalue weighted by Gasteiger charge is -2.43. The highest BCUT2D eigenvalue weighted by atomic mass is 16.6. The Bertz CT molecular complexity index is 792. The number of aromatic nitrogens is 4. The van der Waals surface area contributed by atoms with E-state index in [0.29, 0.717) is 36.8 Å². The molecule has 0 radical (unpaired) electrons. The molecule has 1 aliphatic heterocycles. The van der Waals surface area contributed by atoms with E-state index in [4.69, 9.17) is 10.5 Å². The van der Waals surface area contributed by atoms with Crippen molar-refractivity contribution in [1.29, 1.82) is 0 Å². The van der Waals surface area contributed by atoms with E-state index in [1.165, 1.54) is 12.7 Å². The van der Waals surface area contributed by atoms with Crippen molar-refractivity contribution in [1.82, 2.24) is 19.5 Å². The van der Waals surface area contributed by atoms with Crippen LogP contribution in [0, 0.1) is 5.92 Å². The van der Waals surface area contributed by atoms with Gasteiger partial charge in [0.1, 0.15) is 30.2 Å². The second kappa shape index (κ2) is 6.39. The van der Waals surface area contributed by atoms with E-state index in [1.807, 2.05) is 0 Å². The highest BCUT2D eigenvalue weighted by Crippen LogP contribution is 2.48. The van der Waals surface area contributed by atoms with Gasteiger partial charge in [-0.05, 0) is 25.7 Å². The fourth-order valence-electron chi connectivity index (χ4n) is 4.31. The Kier molecular flexibility index (Phi) is 4.32. The van der Waals surface area contributed by atoms with Crippen LogP contribution < -0.4 is 5.73 Å². The summed E-state index contributed by atoms with van der Waals surface area (Å²) in [6.45, 7) is -0.431. The number of anilines is 1. The third-order valence-corrected chi connectivity index (χ3v) is 5.67. The van der Waals surface area contributed by atoms with Crippen LogP contribution in [0.25, 0.3) is 11.2 Å². The van der Waals surface area contributed by atoms with E-state index in [0.717, 1.165) is 0 Å². The van der Waals surface area contributed by atoms with E-state index >= 15 is 0 Å². The van der Waals surface area contributed by atoms with Crippen LogP contribution in [0.4, 0.5) is 5.82 Å². The fraction of sp³-hybridized carbons (Fsp3) is 0.688. The number of nitrogen functional groups attached to an aromatic ring is 1. The number of imidazole rings is 1. The lowest BCUT2D eigenvalue weighted by atomic mass is 9.77. The SMILES string of the molecule is Nc1ncnc2c1ncn2[C@]1([C@H]2CC[C@@H](O)CC2)O[C@H](CO)[C@@H](O)[C@H]1O. The molecule has 1 saturated carbocycles. The fourth-order valence-corrected chi connectivity index (χ4v) is 4.31. The standard InChI is InChI=1S/C16H23N5O5/c17-14-11-15(19-6-18-14)21(7-20-11)16(8-1-3-9(23)4-2-8)13(25)12(24)10(5-22)26-16/h6-10,12-13,22-25H,1-5H2,(H2,17,18,19)/t8-,9+,10-,12-,13-,16-/m1/s1. The molecule has 1 aliphatic carbocycles. The smallest absolute Gasteiger partial charge is 0.179 e. The van der Waals surface area contributed by atoms with Gasteiger partial charge in [-0.25, -0.2) is 15.0 Å². The first-order chi connectivity index (χ1) is 12.5. The van der Waals surface area contributed by atoms with Crippen molar-refractivity contribution in [2.75, 3.05) is 12.3 Å². The second-order valence-corrected chi connectivity index (χ2v) is 7.08. The molecule has 2 aromatic heterocycles. The van der Waals surface area contributed by atoms with Crippen molar-refractivity contribution in [3.05, 3.63) is 12.7 Å². The molecule has 4 atom stereocenters. The zero-order valence-corrected chi connectivity index (χ0v) is 14.1. The third kappa shape index (κ3) is 2.41. The van der Waals surface area contributed by atoms with Crippen molar-refractivity contribution in [3.63, 3.8) is 0 Å². The van der Waals surface area contributed by atoms with Gasteiger partial charge in [-0.1, -0.05) is 0 Å². The molecule has 0 aromatic carbocycles. The van der Waals surface area contributed by atoms with Gasteiger partial charge in [0.2, 0.25) is 0 Å². The van der Waals surface area contributed by atoms with E-state index in [1.54, 1.807) is 4.57 Å². The predicted octanol–water partition coefficient (Wildman–Crippen LogP) is -1.27. The molecular formula is C16H23N5O5.